The van der Waals surface area contributed by atoms with E-state index in [1.165, 1.54) is 10.9 Å². The number of nitrogens with zero attached hydrogens (tertiary/aromatic N) is 1. The van der Waals surface area contributed by atoms with Gasteiger partial charge in [-0.05, 0) is 35.7 Å². The van der Waals surface area contributed by atoms with Gasteiger partial charge in [-0.3, -0.25) is 0 Å². The summed E-state index contributed by atoms with van der Waals surface area (Å²) in [5.74, 6) is 0. The lowest BCUT2D eigenvalue weighted by atomic mass is 9.97. The van der Waals surface area contributed by atoms with Crippen molar-refractivity contribution in [3.05, 3.63) is 47.5 Å². The summed E-state index contributed by atoms with van der Waals surface area (Å²) in [6, 6.07) is 12.1. The van der Waals surface area contributed by atoms with Crippen molar-refractivity contribution in [3.63, 3.8) is 0 Å². The van der Waals surface area contributed by atoms with Crippen LogP contribution in [0.4, 0.5) is 0 Å². The molecule has 2 nitrogen and oxygen atoms in total. The van der Waals surface area contributed by atoms with Crippen molar-refractivity contribution < 1.29 is 4.79 Å². The Bertz CT molecular complexity index is 568. The number of hydrogen-bond acceptors (Lipinski definition) is 2. The zero-order chi connectivity index (χ0) is 11.5. The average Bonchev–Trinajstić information content (AvgIpc) is 2.30. The van der Waals surface area contributed by atoms with Crippen molar-refractivity contribution in [2.24, 2.45) is 4.99 Å². The van der Waals surface area contributed by atoms with Gasteiger partial charge in [0.15, 0.2) is 0 Å². The minimum absolute atomic E-state index is 0.136. The fourth-order valence-electron chi connectivity index (χ4n) is 1.99. The molecule has 0 aliphatic carbocycles. The molecule has 1 unspecified atom stereocenters. The zero-order valence-corrected chi connectivity index (χ0v) is 9.40. The van der Waals surface area contributed by atoms with Crippen LogP contribution < -0.4 is 0 Å². The van der Waals surface area contributed by atoms with Crippen LogP contribution in [0.5, 0.6) is 0 Å². The predicted molar refractivity (Wildman–Crippen MR) is 65.2 cm³/mol. The van der Waals surface area contributed by atoms with E-state index in [-0.39, 0.29) is 6.04 Å². The Hall–Kier alpha value is -1.92. The molecule has 2 aromatic carbocycles. The number of hydrogen-bond donors (Lipinski definition) is 0. The van der Waals surface area contributed by atoms with E-state index in [0.29, 0.717) is 0 Å². The molecule has 0 amide bonds. The standard InChI is InChI=1S/C14H13NO/c1-10-7-8-13(11(2)15-9-16)14-6-4-3-5-12(10)14/h3-8,11H,1-2H3. The van der Waals surface area contributed by atoms with Gasteiger partial charge in [-0.2, -0.15) is 4.99 Å². The van der Waals surface area contributed by atoms with Crippen molar-refractivity contribution in [1.29, 1.82) is 0 Å². The number of fused-ring (bicyclic) bond motifs is 1. The van der Waals surface area contributed by atoms with Crippen molar-refractivity contribution in [2.75, 3.05) is 0 Å². The number of isocyanates is 1. The predicted octanol–water partition coefficient (Wildman–Crippen LogP) is 3.55. The SMILES string of the molecule is Cc1ccc(C(C)N=C=O)c2ccccc12. The topological polar surface area (TPSA) is 29.4 Å². The summed E-state index contributed by atoms with van der Waals surface area (Å²) >= 11 is 0. The molecule has 80 valence electrons. The first-order chi connectivity index (χ1) is 7.74. The Morgan fingerprint density at radius 2 is 1.81 bits per heavy atom. The maximum Gasteiger partial charge on any atom is 0.235 e. The number of aliphatic imine (C=N–C) groups is 1. The summed E-state index contributed by atoms with van der Waals surface area (Å²) in [5, 5.41) is 2.38. The lowest BCUT2D eigenvalue weighted by Gasteiger charge is -2.10. The molecule has 2 heteroatoms. The van der Waals surface area contributed by atoms with Crippen molar-refractivity contribution in [3.8, 4) is 0 Å². The van der Waals surface area contributed by atoms with Gasteiger partial charge < -0.3 is 0 Å². The van der Waals surface area contributed by atoms with Gasteiger partial charge in [0.05, 0.1) is 6.04 Å². The summed E-state index contributed by atoms with van der Waals surface area (Å²) in [6.45, 7) is 3.99. The zero-order valence-electron chi connectivity index (χ0n) is 9.40. The molecule has 0 spiro atoms. The van der Waals surface area contributed by atoms with Gasteiger partial charge >= 0.3 is 0 Å². The summed E-state index contributed by atoms with van der Waals surface area (Å²) < 4.78 is 0. The lowest BCUT2D eigenvalue weighted by Crippen LogP contribution is -1.92. The van der Waals surface area contributed by atoms with Crippen LogP contribution >= 0.6 is 0 Å². The summed E-state index contributed by atoms with van der Waals surface area (Å²) in [7, 11) is 0. The monoisotopic (exact) mass is 211 g/mol. The Labute approximate surface area is 94.6 Å². The van der Waals surface area contributed by atoms with Crippen molar-refractivity contribution >= 4 is 16.9 Å². The molecule has 2 rings (SSSR count). The highest BCUT2D eigenvalue weighted by atomic mass is 16.1. The first-order valence-electron chi connectivity index (χ1n) is 5.29. The van der Waals surface area contributed by atoms with Crippen LogP contribution in [0.1, 0.15) is 24.1 Å². The van der Waals surface area contributed by atoms with Crippen LogP contribution in [0.3, 0.4) is 0 Å². The van der Waals surface area contributed by atoms with E-state index in [2.05, 4.69) is 30.1 Å². The van der Waals surface area contributed by atoms with Gasteiger partial charge in [0, 0.05) is 0 Å². The third-order valence-electron chi connectivity index (χ3n) is 2.87. The molecule has 0 fully saturated rings. The smallest absolute Gasteiger partial charge is 0.211 e. The van der Waals surface area contributed by atoms with Crippen LogP contribution in [0, 0.1) is 6.92 Å². The van der Waals surface area contributed by atoms with Gasteiger partial charge in [-0.15, -0.1) is 0 Å². The quantitative estimate of drug-likeness (QED) is 0.551. The number of rotatable bonds is 2. The van der Waals surface area contributed by atoms with Crippen molar-refractivity contribution in [2.45, 2.75) is 19.9 Å². The van der Waals surface area contributed by atoms with Crippen LogP contribution in [0.25, 0.3) is 10.8 Å². The highest BCUT2D eigenvalue weighted by molar-refractivity contribution is 5.88. The van der Waals surface area contributed by atoms with Gasteiger partial charge in [0.25, 0.3) is 0 Å². The van der Waals surface area contributed by atoms with Gasteiger partial charge in [-0.1, -0.05) is 36.4 Å². The van der Waals surface area contributed by atoms with Crippen molar-refractivity contribution in [1.82, 2.24) is 0 Å². The minimum atomic E-state index is -0.136. The second-order valence-corrected chi connectivity index (χ2v) is 3.91. The molecule has 0 aliphatic rings. The normalized spacial score (nSPS) is 12.1. The highest BCUT2D eigenvalue weighted by Crippen LogP contribution is 2.28. The fraction of sp³-hybridized carbons (Fsp3) is 0.214. The second-order valence-electron chi connectivity index (χ2n) is 3.91. The molecule has 0 saturated carbocycles. The maximum atomic E-state index is 10.3. The molecular formula is C14H13NO. The lowest BCUT2D eigenvalue weighted by molar-refractivity contribution is 0.559. The summed E-state index contributed by atoms with van der Waals surface area (Å²) in [4.78, 5) is 14.1. The third-order valence-corrected chi connectivity index (χ3v) is 2.87. The summed E-state index contributed by atoms with van der Waals surface area (Å²) in [6.07, 6.45) is 1.62. The van der Waals surface area contributed by atoms with Crippen LogP contribution in [-0.2, 0) is 4.79 Å². The van der Waals surface area contributed by atoms with E-state index < -0.39 is 0 Å². The van der Waals surface area contributed by atoms with E-state index in [0.717, 1.165) is 10.9 Å². The first kappa shape index (κ1) is 10.6. The Morgan fingerprint density at radius 3 is 2.50 bits per heavy atom. The molecule has 0 saturated heterocycles. The van der Waals surface area contributed by atoms with Gasteiger partial charge in [0.1, 0.15) is 0 Å². The van der Waals surface area contributed by atoms with Crippen LogP contribution in [-0.4, -0.2) is 6.08 Å². The average molecular weight is 211 g/mol. The molecule has 2 aromatic rings. The number of benzene rings is 2. The van der Waals surface area contributed by atoms with Crippen LogP contribution in [0.2, 0.25) is 0 Å². The summed E-state index contributed by atoms with van der Waals surface area (Å²) in [5.41, 5.74) is 2.31. The molecule has 0 bridgehead atoms. The molecule has 0 N–H and O–H groups in total. The first-order valence-corrected chi connectivity index (χ1v) is 5.29. The Kier molecular flexibility index (Phi) is 2.84. The highest BCUT2D eigenvalue weighted by Gasteiger charge is 2.08. The Balaban J connectivity index is 2.71. The molecule has 1 atom stereocenters. The molecule has 0 heterocycles. The largest absolute Gasteiger partial charge is 0.235 e. The minimum Gasteiger partial charge on any atom is -0.211 e. The van der Waals surface area contributed by atoms with Gasteiger partial charge in [0.2, 0.25) is 6.08 Å². The molecule has 0 radical (unpaired) electrons. The van der Waals surface area contributed by atoms with E-state index in [1.54, 1.807) is 6.08 Å². The van der Waals surface area contributed by atoms with E-state index >= 15 is 0 Å². The molecule has 0 aromatic heterocycles. The molecule has 0 aliphatic heterocycles. The van der Waals surface area contributed by atoms with E-state index in [4.69, 9.17) is 0 Å². The number of aryl methyl sites for hydroxylation is 1. The fourth-order valence-corrected chi connectivity index (χ4v) is 1.99. The van der Waals surface area contributed by atoms with Gasteiger partial charge in [-0.25, -0.2) is 4.79 Å². The van der Waals surface area contributed by atoms with Crippen LogP contribution in [0.15, 0.2) is 41.4 Å². The van der Waals surface area contributed by atoms with E-state index in [9.17, 15) is 4.79 Å². The second kappa shape index (κ2) is 4.30. The maximum absolute atomic E-state index is 10.3. The third kappa shape index (κ3) is 1.75. The molecular weight excluding hydrogens is 198 g/mol. The molecule has 16 heavy (non-hydrogen) atoms. The Morgan fingerprint density at radius 1 is 1.12 bits per heavy atom. The number of carbonyl (C=O) groups excluding carboxylic acids is 1. The van der Waals surface area contributed by atoms with E-state index in [1.807, 2.05) is 25.1 Å².